The molecule has 2 aromatic rings. The van der Waals surface area contributed by atoms with Crippen LogP contribution in [-0.2, 0) is 14.3 Å². The quantitative estimate of drug-likeness (QED) is 0.486. The molecule has 0 spiro atoms. The molecule has 0 aliphatic heterocycles. The summed E-state index contributed by atoms with van der Waals surface area (Å²) in [5.41, 5.74) is 0.905. The second-order valence-corrected chi connectivity index (χ2v) is 5.71. The molecule has 1 aromatic carbocycles. The number of aromatic nitrogens is 2. The van der Waals surface area contributed by atoms with Crippen molar-refractivity contribution >= 4 is 5.97 Å². The van der Waals surface area contributed by atoms with Gasteiger partial charge in [0.25, 0.3) is 0 Å². The molecule has 0 saturated carbocycles. The van der Waals surface area contributed by atoms with Gasteiger partial charge in [-0.3, -0.25) is 9.48 Å². The summed E-state index contributed by atoms with van der Waals surface area (Å²) in [6.45, 7) is 5.13. The SMILES string of the molecule is CCOCCCC(=O)O[C@@H](c1ccc(OC)cc1)[C@@H](C)n1cccn1. The number of ether oxygens (including phenoxy) is 3. The van der Waals surface area contributed by atoms with Crippen LogP contribution in [0.3, 0.4) is 0 Å². The summed E-state index contributed by atoms with van der Waals surface area (Å²) in [6, 6.07) is 9.28. The van der Waals surface area contributed by atoms with Gasteiger partial charge in [0.05, 0.1) is 13.2 Å². The molecule has 0 N–H and O–H groups in total. The van der Waals surface area contributed by atoms with Crippen LogP contribution in [0.5, 0.6) is 5.75 Å². The van der Waals surface area contributed by atoms with E-state index in [2.05, 4.69) is 5.10 Å². The van der Waals surface area contributed by atoms with E-state index >= 15 is 0 Å². The van der Waals surface area contributed by atoms with Crippen LogP contribution in [0.15, 0.2) is 42.7 Å². The first-order valence-corrected chi connectivity index (χ1v) is 8.56. The van der Waals surface area contributed by atoms with Gasteiger partial charge in [0, 0.05) is 32.0 Å². The molecule has 25 heavy (non-hydrogen) atoms. The van der Waals surface area contributed by atoms with Crippen molar-refractivity contribution in [2.24, 2.45) is 0 Å². The van der Waals surface area contributed by atoms with E-state index in [0.29, 0.717) is 26.1 Å². The first-order chi connectivity index (χ1) is 12.2. The fourth-order valence-electron chi connectivity index (χ4n) is 2.56. The Morgan fingerprint density at radius 1 is 1.28 bits per heavy atom. The van der Waals surface area contributed by atoms with Crippen molar-refractivity contribution < 1.29 is 19.0 Å². The zero-order valence-corrected chi connectivity index (χ0v) is 15.1. The number of rotatable bonds is 10. The smallest absolute Gasteiger partial charge is 0.306 e. The Labute approximate surface area is 148 Å². The first kappa shape index (κ1) is 19.0. The maximum Gasteiger partial charge on any atom is 0.306 e. The van der Waals surface area contributed by atoms with Crippen molar-refractivity contribution in [2.75, 3.05) is 20.3 Å². The van der Waals surface area contributed by atoms with E-state index in [0.717, 1.165) is 11.3 Å². The zero-order chi connectivity index (χ0) is 18.1. The highest BCUT2D eigenvalue weighted by Gasteiger charge is 2.25. The van der Waals surface area contributed by atoms with Crippen molar-refractivity contribution in [3.63, 3.8) is 0 Å². The van der Waals surface area contributed by atoms with Gasteiger partial charge in [-0.15, -0.1) is 0 Å². The molecule has 0 fully saturated rings. The Morgan fingerprint density at radius 3 is 2.64 bits per heavy atom. The Morgan fingerprint density at radius 2 is 2.04 bits per heavy atom. The molecular formula is C19H26N2O4. The molecule has 0 saturated heterocycles. The van der Waals surface area contributed by atoms with E-state index in [4.69, 9.17) is 14.2 Å². The van der Waals surface area contributed by atoms with E-state index in [1.54, 1.807) is 18.0 Å². The van der Waals surface area contributed by atoms with Crippen LogP contribution < -0.4 is 4.74 Å². The summed E-state index contributed by atoms with van der Waals surface area (Å²) in [5, 5.41) is 4.27. The molecule has 6 nitrogen and oxygen atoms in total. The number of carbonyl (C=O) groups excluding carboxylic acids is 1. The fraction of sp³-hybridized carbons (Fsp3) is 0.474. The summed E-state index contributed by atoms with van der Waals surface area (Å²) in [6.07, 6.45) is 4.14. The molecule has 0 bridgehead atoms. The van der Waals surface area contributed by atoms with Gasteiger partial charge in [0.1, 0.15) is 11.9 Å². The molecule has 0 aliphatic rings. The third-order valence-electron chi connectivity index (χ3n) is 3.96. The van der Waals surface area contributed by atoms with Crippen molar-refractivity contribution in [2.45, 2.75) is 38.8 Å². The maximum absolute atomic E-state index is 12.3. The van der Waals surface area contributed by atoms with Crippen LogP contribution >= 0.6 is 0 Å². The molecule has 1 heterocycles. The van der Waals surface area contributed by atoms with Crippen molar-refractivity contribution in [1.82, 2.24) is 9.78 Å². The Balaban J connectivity index is 2.09. The largest absolute Gasteiger partial charge is 0.497 e. The fourth-order valence-corrected chi connectivity index (χ4v) is 2.56. The number of hydrogen-bond acceptors (Lipinski definition) is 5. The summed E-state index contributed by atoms with van der Waals surface area (Å²) in [5.74, 6) is 0.525. The maximum atomic E-state index is 12.3. The molecule has 0 aliphatic carbocycles. The predicted molar refractivity (Wildman–Crippen MR) is 94.5 cm³/mol. The van der Waals surface area contributed by atoms with Gasteiger partial charge in [0.15, 0.2) is 0 Å². The molecule has 0 radical (unpaired) electrons. The minimum atomic E-state index is -0.426. The van der Waals surface area contributed by atoms with Crippen LogP contribution in [0.1, 0.15) is 44.4 Å². The lowest BCUT2D eigenvalue weighted by Crippen LogP contribution is -2.21. The van der Waals surface area contributed by atoms with Crippen LogP contribution in [-0.4, -0.2) is 36.1 Å². The van der Waals surface area contributed by atoms with Gasteiger partial charge in [-0.05, 0) is 44.0 Å². The van der Waals surface area contributed by atoms with Gasteiger partial charge in [-0.25, -0.2) is 0 Å². The second-order valence-electron chi connectivity index (χ2n) is 5.71. The van der Waals surface area contributed by atoms with Crippen LogP contribution in [0.25, 0.3) is 0 Å². The van der Waals surface area contributed by atoms with Gasteiger partial charge < -0.3 is 14.2 Å². The third-order valence-corrected chi connectivity index (χ3v) is 3.96. The van der Waals surface area contributed by atoms with Crippen LogP contribution in [0.4, 0.5) is 0 Å². The number of benzene rings is 1. The highest BCUT2D eigenvalue weighted by atomic mass is 16.5. The topological polar surface area (TPSA) is 62.6 Å². The monoisotopic (exact) mass is 346 g/mol. The lowest BCUT2D eigenvalue weighted by Gasteiger charge is -2.25. The molecule has 6 heteroatoms. The summed E-state index contributed by atoms with van der Waals surface area (Å²) in [7, 11) is 1.62. The second kappa shape index (κ2) is 9.84. The van der Waals surface area contributed by atoms with Gasteiger partial charge in [-0.2, -0.15) is 5.10 Å². The number of hydrogen-bond donors (Lipinski definition) is 0. The van der Waals surface area contributed by atoms with Gasteiger partial charge >= 0.3 is 5.97 Å². The van der Waals surface area contributed by atoms with E-state index in [-0.39, 0.29) is 12.0 Å². The van der Waals surface area contributed by atoms with E-state index in [1.807, 2.05) is 50.4 Å². The molecule has 2 atom stereocenters. The first-order valence-electron chi connectivity index (χ1n) is 8.56. The van der Waals surface area contributed by atoms with Crippen molar-refractivity contribution in [1.29, 1.82) is 0 Å². The number of nitrogens with zero attached hydrogens (tertiary/aromatic N) is 2. The normalized spacial score (nSPS) is 13.2. The summed E-state index contributed by atoms with van der Waals surface area (Å²) in [4.78, 5) is 12.3. The molecule has 136 valence electrons. The number of carbonyl (C=O) groups is 1. The molecule has 0 amide bonds. The Hall–Kier alpha value is -2.34. The summed E-state index contributed by atoms with van der Waals surface area (Å²) < 4.78 is 18.0. The highest BCUT2D eigenvalue weighted by Crippen LogP contribution is 2.31. The minimum Gasteiger partial charge on any atom is -0.497 e. The summed E-state index contributed by atoms with van der Waals surface area (Å²) >= 11 is 0. The third kappa shape index (κ3) is 5.60. The Bertz CT molecular complexity index is 625. The molecule has 1 aromatic heterocycles. The predicted octanol–water partition coefficient (Wildman–Crippen LogP) is 3.55. The number of esters is 1. The average Bonchev–Trinajstić information content (AvgIpc) is 3.18. The van der Waals surface area contributed by atoms with Crippen LogP contribution in [0.2, 0.25) is 0 Å². The standard InChI is InChI=1S/C19H26N2O4/c1-4-24-14-5-7-18(22)25-19(15(2)21-13-6-12-20-21)16-8-10-17(23-3)11-9-16/h6,8-13,15,19H,4-5,7,14H2,1-3H3/t15-,19-/m1/s1. The molecular weight excluding hydrogens is 320 g/mol. The zero-order valence-electron chi connectivity index (χ0n) is 15.1. The van der Waals surface area contributed by atoms with Crippen molar-refractivity contribution in [3.8, 4) is 5.75 Å². The molecule has 0 unspecified atom stereocenters. The van der Waals surface area contributed by atoms with E-state index < -0.39 is 6.10 Å². The van der Waals surface area contributed by atoms with E-state index in [9.17, 15) is 4.79 Å². The molecule has 2 rings (SSSR count). The van der Waals surface area contributed by atoms with Crippen molar-refractivity contribution in [3.05, 3.63) is 48.3 Å². The van der Waals surface area contributed by atoms with Gasteiger partial charge in [0.2, 0.25) is 0 Å². The van der Waals surface area contributed by atoms with Gasteiger partial charge in [-0.1, -0.05) is 12.1 Å². The minimum absolute atomic E-state index is 0.126. The Kier molecular flexibility index (Phi) is 7.47. The van der Waals surface area contributed by atoms with Crippen LogP contribution in [0, 0.1) is 0 Å². The lowest BCUT2D eigenvalue weighted by molar-refractivity contribution is -0.152. The van der Waals surface area contributed by atoms with E-state index in [1.165, 1.54) is 0 Å². The number of methoxy groups -OCH3 is 1. The highest BCUT2D eigenvalue weighted by molar-refractivity contribution is 5.69. The average molecular weight is 346 g/mol. The lowest BCUT2D eigenvalue weighted by atomic mass is 10.0.